The lowest BCUT2D eigenvalue weighted by atomic mass is 10.2. The minimum absolute atomic E-state index is 0.197. The molecule has 0 spiro atoms. The maximum Gasteiger partial charge on any atom is 0.300 e. The quantitative estimate of drug-likeness (QED) is 0.692. The summed E-state index contributed by atoms with van der Waals surface area (Å²) in [6, 6.07) is 5.91. The topological polar surface area (TPSA) is 70.6 Å². The van der Waals surface area contributed by atoms with Crippen LogP contribution < -0.4 is 14.3 Å². The molecule has 0 unspecified atom stereocenters. The Kier molecular flexibility index (Phi) is 4.51. The number of benzene rings is 1. The molecule has 1 aliphatic heterocycles. The van der Waals surface area contributed by atoms with Gasteiger partial charge < -0.3 is 14.0 Å². The number of hydrogen-bond donors (Lipinski definition) is 0. The molecule has 4 rings (SSSR count). The Labute approximate surface area is 160 Å². The molecule has 1 amide bonds. The van der Waals surface area contributed by atoms with Crippen LogP contribution in [0, 0.1) is 6.92 Å². The molecule has 7 nitrogen and oxygen atoms in total. The van der Waals surface area contributed by atoms with Crippen LogP contribution in [-0.2, 0) is 6.54 Å². The van der Waals surface area contributed by atoms with E-state index in [0.29, 0.717) is 30.3 Å². The number of rotatable bonds is 3. The summed E-state index contributed by atoms with van der Waals surface area (Å²) in [5.41, 5.74) is 2.31. The fourth-order valence-electron chi connectivity index (χ4n) is 3.26. The highest BCUT2D eigenvalue weighted by Crippen LogP contribution is 2.35. The molecule has 0 aliphatic carbocycles. The van der Waals surface area contributed by atoms with Crippen molar-refractivity contribution in [1.29, 1.82) is 0 Å². The Balaban J connectivity index is 1.80. The Bertz CT molecular complexity index is 1090. The van der Waals surface area contributed by atoms with E-state index in [1.807, 2.05) is 49.1 Å². The first-order valence-electron chi connectivity index (χ1n) is 9.06. The number of hydrogen-bond acceptors (Lipinski definition) is 5. The van der Waals surface area contributed by atoms with Crippen LogP contribution in [0.4, 0.5) is 0 Å². The number of aromatic nitrogens is 3. The number of carbonyl (C=O) groups excluding carboxylic acids is 1. The zero-order valence-electron chi connectivity index (χ0n) is 15.9. The van der Waals surface area contributed by atoms with E-state index < -0.39 is 0 Å². The number of amides is 1. The van der Waals surface area contributed by atoms with Crippen LogP contribution in [0.2, 0.25) is 0 Å². The van der Waals surface area contributed by atoms with Gasteiger partial charge in [0.25, 0.3) is 5.91 Å². The summed E-state index contributed by atoms with van der Waals surface area (Å²) in [7, 11) is 0. The van der Waals surface area contributed by atoms with Crippen LogP contribution in [0.1, 0.15) is 43.0 Å². The minimum atomic E-state index is -0.330. The number of carbonyl (C=O) groups is 1. The Morgan fingerprint density at radius 1 is 1.26 bits per heavy atom. The summed E-state index contributed by atoms with van der Waals surface area (Å²) in [4.78, 5) is 17.7. The smallest absolute Gasteiger partial charge is 0.300 e. The molecule has 0 atom stereocenters. The number of thiazole rings is 1. The van der Waals surface area contributed by atoms with Crippen LogP contribution in [0.5, 0.6) is 11.5 Å². The van der Waals surface area contributed by atoms with Gasteiger partial charge in [-0.15, -0.1) is 0 Å². The lowest BCUT2D eigenvalue weighted by molar-refractivity contribution is 0.0992. The van der Waals surface area contributed by atoms with E-state index in [9.17, 15) is 4.79 Å². The largest absolute Gasteiger partial charge is 0.486 e. The first-order valence-corrected chi connectivity index (χ1v) is 9.87. The van der Waals surface area contributed by atoms with Gasteiger partial charge in [-0.2, -0.15) is 10.1 Å². The SMILES string of the molecule is CCn1c(=NC(=O)c2cc(C)n(C(C)C)n2)sc2cc3c(cc21)OCCO3. The van der Waals surface area contributed by atoms with Crippen LogP contribution in [-0.4, -0.2) is 33.5 Å². The number of ether oxygens (including phenoxy) is 2. The molecule has 1 aliphatic rings. The van der Waals surface area contributed by atoms with Gasteiger partial charge in [-0.05, 0) is 33.8 Å². The predicted molar refractivity (Wildman–Crippen MR) is 104 cm³/mol. The summed E-state index contributed by atoms with van der Waals surface area (Å²) in [6.45, 7) is 9.84. The van der Waals surface area contributed by atoms with Crippen molar-refractivity contribution < 1.29 is 14.3 Å². The molecular formula is C19H22N4O3S. The van der Waals surface area contributed by atoms with E-state index in [-0.39, 0.29) is 11.9 Å². The van der Waals surface area contributed by atoms with Crippen LogP contribution in [0.3, 0.4) is 0 Å². The first kappa shape index (κ1) is 17.8. The molecule has 0 saturated carbocycles. The van der Waals surface area contributed by atoms with Gasteiger partial charge in [-0.1, -0.05) is 11.3 Å². The molecule has 1 aromatic carbocycles. The third kappa shape index (κ3) is 3.14. The molecule has 2 aromatic heterocycles. The van der Waals surface area contributed by atoms with Gasteiger partial charge in [0.15, 0.2) is 22.0 Å². The van der Waals surface area contributed by atoms with Crippen molar-refractivity contribution in [3.63, 3.8) is 0 Å². The van der Waals surface area contributed by atoms with Crippen molar-refractivity contribution in [3.8, 4) is 11.5 Å². The Morgan fingerprint density at radius 3 is 2.59 bits per heavy atom. The highest BCUT2D eigenvalue weighted by molar-refractivity contribution is 7.16. The van der Waals surface area contributed by atoms with Gasteiger partial charge in [0.1, 0.15) is 13.2 Å². The number of fused-ring (bicyclic) bond motifs is 2. The fraction of sp³-hybridized carbons (Fsp3) is 0.421. The predicted octanol–water partition coefficient (Wildman–Crippen LogP) is 3.32. The summed E-state index contributed by atoms with van der Waals surface area (Å²) >= 11 is 1.47. The Hall–Kier alpha value is -2.61. The molecule has 27 heavy (non-hydrogen) atoms. The van der Waals surface area contributed by atoms with Crippen molar-refractivity contribution in [2.75, 3.05) is 13.2 Å². The average Bonchev–Trinajstić information content (AvgIpc) is 3.19. The molecule has 0 fully saturated rings. The molecule has 0 N–H and O–H groups in total. The molecule has 3 heterocycles. The standard InChI is InChI=1S/C19H22N4O3S/c1-5-22-14-9-15-16(26-7-6-25-15)10-17(14)27-19(22)20-18(24)13-8-12(4)23(21-13)11(2)3/h8-11H,5-7H2,1-4H3. The average molecular weight is 386 g/mol. The highest BCUT2D eigenvalue weighted by Gasteiger charge is 2.17. The third-order valence-electron chi connectivity index (χ3n) is 4.49. The second-order valence-corrected chi connectivity index (χ2v) is 7.73. The van der Waals surface area contributed by atoms with Crippen molar-refractivity contribution in [3.05, 3.63) is 34.4 Å². The van der Waals surface area contributed by atoms with Crippen molar-refractivity contribution in [2.24, 2.45) is 4.99 Å². The maximum absolute atomic E-state index is 12.7. The lowest BCUT2D eigenvalue weighted by Crippen LogP contribution is -2.17. The first-order chi connectivity index (χ1) is 13.0. The molecule has 0 bridgehead atoms. The molecule has 8 heteroatoms. The molecular weight excluding hydrogens is 364 g/mol. The second kappa shape index (κ2) is 6.84. The number of nitrogens with zero attached hydrogens (tertiary/aromatic N) is 4. The zero-order chi connectivity index (χ0) is 19.1. The summed E-state index contributed by atoms with van der Waals surface area (Å²) in [5.74, 6) is 1.14. The maximum atomic E-state index is 12.7. The second-order valence-electron chi connectivity index (χ2n) is 6.72. The van der Waals surface area contributed by atoms with Crippen molar-refractivity contribution in [1.82, 2.24) is 14.3 Å². The zero-order valence-corrected chi connectivity index (χ0v) is 16.7. The van der Waals surface area contributed by atoms with E-state index >= 15 is 0 Å². The Morgan fingerprint density at radius 2 is 1.96 bits per heavy atom. The fourth-order valence-corrected chi connectivity index (χ4v) is 4.36. The van der Waals surface area contributed by atoms with Gasteiger partial charge >= 0.3 is 0 Å². The van der Waals surface area contributed by atoms with Crippen molar-refractivity contribution >= 4 is 27.5 Å². The van der Waals surface area contributed by atoms with E-state index in [4.69, 9.17) is 9.47 Å². The van der Waals surface area contributed by atoms with Gasteiger partial charge in [0, 0.05) is 30.4 Å². The molecule has 142 valence electrons. The summed E-state index contributed by atoms with van der Waals surface area (Å²) in [6.07, 6.45) is 0. The van der Waals surface area contributed by atoms with E-state index in [0.717, 1.165) is 27.4 Å². The molecule has 0 saturated heterocycles. The third-order valence-corrected chi connectivity index (χ3v) is 5.53. The van der Waals surface area contributed by atoms with Gasteiger partial charge in [-0.3, -0.25) is 9.48 Å². The lowest BCUT2D eigenvalue weighted by Gasteiger charge is -2.18. The van der Waals surface area contributed by atoms with Crippen LogP contribution in [0.25, 0.3) is 10.2 Å². The van der Waals surface area contributed by atoms with E-state index in [2.05, 4.69) is 10.1 Å². The minimum Gasteiger partial charge on any atom is -0.486 e. The summed E-state index contributed by atoms with van der Waals surface area (Å²) < 4.78 is 16.2. The van der Waals surface area contributed by atoms with Crippen LogP contribution >= 0.6 is 11.3 Å². The monoisotopic (exact) mass is 386 g/mol. The van der Waals surface area contributed by atoms with Gasteiger partial charge in [0.05, 0.1) is 10.2 Å². The molecule has 3 aromatic rings. The van der Waals surface area contributed by atoms with Crippen molar-refractivity contribution in [2.45, 2.75) is 40.3 Å². The molecule has 0 radical (unpaired) electrons. The normalized spacial score (nSPS) is 14.3. The highest BCUT2D eigenvalue weighted by atomic mass is 32.1. The van der Waals surface area contributed by atoms with E-state index in [1.165, 1.54) is 11.3 Å². The van der Waals surface area contributed by atoms with Gasteiger partial charge in [-0.25, -0.2) is 0 Å². The van der Waals surface area contributed by atoms with Crippen LogP contribution in [0.15, 0.2) is 23.2 Å². The van der Waals surface area contributed by atoms with Gasteiger partial charge in [0.2, 0.25) is 0 Å². The number of aryl methyl sites for hydroxylation is 2. The summed E-state index contributed by atoms with van der Waals surface area (Å²) in [5, 5.41) is 4.41. The van der Waals surface area contributed by atoms with E-state index in [1.54, 1.807) is 6.07 Å².